The molecule has 3 atom stereocenters. The number of pyridine rings is 2. The van der Waals surface area contributed by atoms with Gasteiger partial charge >= 0.3 is 0 Å². The van der Waals surface area contributed by atoms with Gasteiger partial charge < -0.3 is 14.5 Å². The smallest absolute Gasteiger partial charge is 0.228 e. The van der Waals surface area contributed by atoms with Crippen LogP contribution in [0.3, 0.4) is 0 Å². The SMILES string of the molecule is CCO[C@@H]1CC1C(=O)N1CCN(c2nc(C3CC3)c(-c3cccc4cnccc34)cc2C#N)C[C@H]1C1CC1. The van der Waals surface area contributed by atoms with E-state index in [0.29, 0.717) is 37.1 Å². The number of aromatic nitrogens is 2. The van der Waals surface area contributed by atoms with Crippen molar-refractivity contribution in [2.24, 2.45) is 11.8 Å². The van der Waals surface area contributed by atoms with E-state index < -0.39 is 0 Å². The van der Waals surface area contributed by atoms with Crippen molar-refractivity contribution in [1.82, 2.24) is 14.9 Å². The van der Waals surface area contributed by atoms with Crippen molar-refractivity contribution < 1.29 is 9.53 Å². The minimum Gasteiger partial charge on any atom is -0.378 e. The Balaban J connectivity index is 1.22. The van der Waals surface area contributed by atoms with Gasteiger partial charge in [0, 0.05) is 55.5 Å². The first-order valence-corrected chi connectivity index (χ1v) is 14.1. The molecule has 7 heteroatoms. The highest BCUT2D eigenvalue weighted by Gasteiger charge is 2.50. The minimum atomic E-state index is 0.0205. The average molecular weight is 508 g/mol. The maximum Gasteiger partial charge on any atom is 0.228 e. The number of rotatable bonds is 7. The molecule has 3 aliphatic carbocycles. The molecule has 194 valence electrons. The Morgan fingerprint density at radius 1 is 1.16 bits per heavy atom. The number of carbonyl (C=O) groups is 1. The van der Waals surface area contributed by atoms with Crippen LogP contribution in [0.2, 0.25) is 0 Å². The molecule has 4 aliphatic rings. The molecule has 7 rings (SSSR count). The summed E-state index contributed by atoms with van der Waals surface area (Å²) in [5, 5.41) is 12.5. The normalized spacial score (nSPS) is 24.9. The molecular weight excluding hydrogens is 474 g/mol. The fraction of sp³-hybridized carbons (Fsp3) is 0.484. The lowest BCUT2D eigenvalue weighted by molar-refractivity contribution is -0.136. The van der Waals surface area contributed by atoms with Gasteiger partial charge in [-0.25, -0.2) is 4.98 Å². The second-order valence-electron chi connectivity index (χ2n) is 11.3. The molecule has 2 aromatic heterocycles. The van der Waals surface area contributed by atoms with Gasteiger partial charge in [0.2, 0.25) is 5.91 Å². The number of amides is 1. The molecule has 3 saturated carbocycles. The summed E-state index contributed by atoms with van der Waals surface area (Å²) < 4.78 is 5.72. The van der Waals surface area contributed by atoms with Crippen LogP contribution in [-0.4, -0.2) is 59.2 Å². The number of nitriles is 1. The van der Waals surface area contributed by atoms with Crippen molar-refractivity contribution in [3.05, 3.63) is 54.0 Å². The van der Waals surface area contributed by atoms with Crippen LogP contribution in [0.15, 0.2) is 42.7 Å². The number of carbonyl (C=O) groups excluding carboxylic acids is 1. The highest BCUT2D eigenvalue weighted by atomic mass is 16.5. The number of hydrogen-bond donors (Lipinski definition) is 0. The van der Waals surface area contributed by atoms with Gasteiger partial charge in [0.1, 0.15) is 11.9 Å². The van der Waals surface area contributed by atoms with Crippen LogP contribution < -0.4 is 4.90 Å². The van der Waals surface area contributed by atoms with E-state index in [4.69, 9.17) is 9.72 Å². The van der Waals surface area contributed by atoms with Crippen molar-refractivity contribution >= 4 is 22.5 Å². The van der Waals surface area contributed by atoms with Crippen molar-refractivity contribution in [2.45, 2.75) is 57.1 Å². The van der Waals surface area contributed by atoms with E-state index in [2.05, 4.69) is 45.1 Å². The molecule has 3 aromatic rings. The Bertz CT molecular complexity index is 1430. The van der Waals surface area contributed by atoms with Crippen LogP contribution in [-0.2, 0) is 9.53 Å². The first kappa shape index (κ1) is 23.6. The van der Waals surface area contributed by atoms with Crippen molar-refractivity contribution in [3.63, 3.8) is 0 Å². The average Bonchev–Trinajstić information content (AvgIpc) is 3.81. The molecule has 4 fully saturated rings. The monoisotopic (exact) mass is 507 g/mol. The topological polar surface area (TPSA) is 82.3 Å². The van der Waals surface area contributed by atoms with Gasteiger partial charge in [0.05, 0.1) is 29.3 Å². The molecule has 0 bridgehead atoms. The molecule has 1 saturated heterocycles. The van der Waals surface area contributed by atoms with Gasteiger partial charge in [-0.05, 0) is 68.0 Å². The summed E-state index contributed by atoms with van der Waals surface area (Å²) >= 11 is 0. The van der Waals surface area contributed by atoms with Gasteiger partial charge in [0.15, 0.2) is 0 Å². The predicted octanol–water partition coefficient (Wildman–Crippen LogP) is 4.90. The van der Waals surface area contributed by atoms with E-state index in [1.807, 2.05) is 25.4 Å². The lowest BCUT2D eigenvalue weighted by Gasteiger charge is -2.43. The maximum atomic E-state index is 13.4. The molecule has 0 spiro atoms. The molecule has 38 heavy (non-hydrogen) atoms. The number of nitrogens with zero attached hydrogens (tertiary/aromatic N) is 5. The predicted molar refractivity (Wildman–Crippen MR) is 146 cm³/mol. The van der Waals surface area contributed by atoms with E-state index in [-0.39, 0.29) is 24.0 Å². The van der Waals surface area contributed by atoms with Crippen LogP contribution in [0, 0.1) is 23.2 Å². The Hall–Kier alpha value is -3.50. The van der Waals surface area contributed by atoms with Gasteiger partial charge in [-0.3, -0.25) is 9.78 Å². The number of fused-ring (bicyclic) bond motifs is 1. The lowest BCUT2D eigenvalue weighted by atomic mass is 9.95. The third kappa shape index (κ3) is 4.21. The van der Waals surface area contributed by atoms with Gasteiger partial charge in [-0.1, -0.05) is 18.2 Å². The fourth-order valence-electron chi connectivity index (χ4n) is 6.29. The standard InChI is InChI=1S/C31H33N5O2/c1-2-38-28-15-26(28)31(37)36-13-12-35(18-27(36)19-6-7-19)30-22(16-32)14-25(29(34-30)20-8-9-20)24-5-3-4-21-17-33-11-10-23(21)24/h3-5,10-11,14,17,19-20,26-28H,2,6-9,12-13,15,18H2,1H3/t26?,27-,28+/m0/s1. The molecule has 1 unspecified atom stereocenters. The molecule has 0 radical (unpaired) electrons. The second-order valence-corrected chi connectivity index (χ2v) is 11.3. The van der Waals surface area contributed by atoms with E-state index in [1.165, 1.54) is 12.8 Å². The largest absolute Gasteiger partial charge is 0.378 e. The van der Waals surface area contributed by atoms with Crippen LogP contribution >= 0.6 is 0 Å². The summed E-state index contributed by atoms with van der Waals surface area (Å²) in [4.78, 5) is 27.3. The number of benzene rings is 1. The third-order valence-electron chi connectivity index (χ3n) is 8.68. The zero-order valence-corrected chi connectivity index (χ0v) is 21.8. The first-order valence-electron chi connectivity index (χ1n) is 14.1. The van der Waals surface area contributed by atoms with Crippen molar-refractivity contribution in [1.29, 1.82) is 5.26 Å². The maximum absolute atomic E-state index is 13.4. The van der Waals surface area contributed by atoms with Crippen molar-refractivity contribution in [2.75, 3.05) is 31.1 Å². The lowest BCUT2D eigenvalue weighted by Crippen LogP contribution is -2.57. The highest BCUT2D eigenvalue weighted by Crippen LogP contribution is 2.47. The van der Waals surface area contributed by atoms with Gasteiger partial charge in [0.25, 0.3) is 0 Å². The first-order chi connectivity index (χ1) is 18.7. The Labute approximate surface area is 223 Å². The molecular formula is C31H33N5O2. The fourth-order valence-corrected chi connectivity index (χ4v) is 6.29. The van der Waals surface area contributed by atoms with Gasteiger partial charge in [-0.15, -0.1) is 0 Å². The zero-order valence-electron chi connectivity index (χ0n) is 21.8. The highest BCUT2D eigenvalue weighted by molar-refractivity contribution is 5.97. The molecule has 1 amide bonds. The van der Waals surface area contributed by atoms with Gasteiger partial charge in [-0.2, -0.15) is 5.26 Å². The molecule has 7 nitrogen and oxygen atoms in total. The summed E-state index contributed by atoms with van der Waals surface area (Å²) in [6, 6.07) is 13.0. The Morgan fingerprint density at radius 2 is 2.03 bits per heavy atom. The summed E-state index contributed by atoms with van der Waals surface area (Å²) in [5.74, 6) is 2.04. The summed E-state index contributed by atoms with van der Waals surface area (Å²) in [7, 11) is 0. The third-order valence-corrected chi connectivity index (χ3v) is 8.68. The molecule has 1 aromatic carbocycles. The van der Waals surface area contributed by atoms with E-state index in [1.54, 1.807) is 0 Å². The minimum absolute atomic E-state index is 0.0205. The Kier molecular flexibility index (Phi) is 5.81. The number of anilines is 1. The van der Waals surface area contributed by atoms with E-state index >= 15 is 0 Å². The van der Waals surface area contributed by atoms with Crippen molar-refractivity contribution in [3.8, 4) is 17.2 Å². The molecule has 1 aliphatic heterocycles. The summed E-state index contributed by atoms with van der Waals surface area (Å²) in [6.45, 7) is 4.77. The molecule has 3 heterocycles. The summed E-state index contributed by atoms with van der Waals surface area (Å²) in [6.07, 6.45) is 9.26. The number of hydrogen-bond acceptors (Lipinski definition) is 6. The Morgan fingerprint density at radius 3 is 2.79 bits per heavy atom. The number of ether oxygens (including phenoxy) is 1. The quantitative estimate of drug-likeness (QED) is 0.453. The summed E-state index contributed by atoms with van der Waals surface area (Å²) in [5.41, 5.74) is 3.89. The van der Waals surface area contributed by atoms with Crippen LogP contribution in [0.5, 0.6) is 0 Å². The second kappa shape index (κ2) is 9.36. The van der Waals surface area contributed by atoms with E-state index in [0.717, 1.165) is 59.2 Å². The van der Waals surface area contributed by atoms with E-state index in [9.17, 15) is 10.1 Å². The van der Waals surface area contributed by atoms with Crippen LogP contribution in [0.25, 0.3) is 21.9 Å². The molecule has 0 N–H and O–H groups in total. The van der Waals surface area contributed by atoms with Crippen LogP contribution in [0.4, 0.5) is 5.82 Å². The number of piperazine rings is 1. The van der Waals surface area contributed by atoms with Crippen LogP contribution in [0.1, 0.15) is 56.2 Å². The zero-order chi connectivity index (χ0) is 25.8.